The van der Waals surface area contributed by atoms with Crippen molar-refractivity contribution in [3.05, 3.63) is 36.7 Å². The van der Waals surface area contributed by atoms with Crippen LogP contribution in [-0.4, -0.2) is 24.4 Å². The van der Waals surface area contributed by atoms with E-state index < -0.39 is 0 Å². The lowest BCUT2D eigenvalue weighted by Gasteiger charge is -2.09. The van der Waals surface area contributed by atoms with Crippen molar-refractivity contribution < 1.29 is 41.1 Å². The van der Waals surface area contributed by atoms with E-state index in [9.17, 15) is 10.2 Å². The molecular weight excluding hydrogens is 338 g/mol. The molecule has 0 aliphatic heterocycles. The maximum Gasteiger partial charge on any atom is 0.222 e. The second kappa shape index (κ2) is 5.65. The van der Waals surface area contributed by atoms with E-state index in [4.69, 9.17) is 9.47 Å². The highest BCUT2D eigenvalue weighted by Gasteiger charge is 2.17. The van der Waals surface area contributed by atoms with Gasteiger partial charge in [-0.05, 0) is 12.1 Å². The number of aromatic nitrogens is 1. The summed E-state index contributed by atoms with van der Waals surface area (Å²) in [5.74, 6) is 1.39. The zero-order valence-electron chi connectivity index (χ0n) is 11.5. The highest BCUT2D eigenvalue weighted by molar-refractivity contribution is 5.99. The van der Waals surface area contributed by atoms with Crippen molar-refractivity contribution in [2.24, 2.45) is 0 Å². The summed E-state index contributed by atoms with van der Waals surface area (Å²) in [6.07, 6.45) is 3.27. The minimum absolute atomic E-state index is 0. The van der Waals surface area contributed by atoms with Gasteiger partial charge in [-0.3, -0.25) is 0 Å². The van der Waals surface area contributed by atoms with Crippen LogP contribution in [0, 0.1) is 0 Å². The largest absolute Gasteiger partial charge is 1.00 e. The molecule has 5 nitrogen and oxygen atoms in total. The number of pyridine rings is 2. The molecule has 0 fully saturated rings. The standard InChI is InChI=1S/C15H13NO4.BrH/c1-19-14-6-10-11(7-15(14)20-2)13(18)8-16-4-3-9(17)5-12(10)16;/h3-8,18H,1-2H3;1H. The van der Waals surface area contributed by atoms with Gasteiger partial charge in [-0.2, -0.15) is 4.40 Å². The maximum atomic E-state index is 10.1. The fraction of sp³-hybridized carbons (Fsp3) is 0.133. The fourth-order valence-corrected chi connectivity index (χ4v) is 2.33. The summed E-state index contributed by atoms with van der Waals surface area (Å²) in [7, 11) is 3.10. The van der Waals surface area contributed by atoms with Gasteiger partial charge < -0.3 is 36.7 Å². The molecule has 0 spiro atoms. The van der Waals surface area contributed by atoms with Crippen molar-refractivity contribution >= 4 is 16.3 Å². The zero-order chi connectivity index (χ0) is 14.3. The number of fused-ring (bicyclic) bond motifs is 3. The first kappa shape index (κ1) is 15.2. The van der Waals surface area contributed by atoms with Crippen molar-refractivity contribution in [2.45, 2.75) is 0 Å². The molecule has 3 aromatic rings. The number of hydrogen-bond acceptors (Lipinski definition) is 4. The van der Waals surface area contributed by atoms with Gasteiger partial charge in [0.25, 0.3) is 0 Å². The number of hydrogen-bond donors (Lipinski definition) is 2. The third-order valence-corrected chi connectivity index (χ3v) is 3.31. The molecule has 21 heavy (non-hydrogen) atoms. The summed E-state index contributed by atoms with van der Waals surface area (Å²) in [6.45, 7) is 0. The summed E-state index contributed by atoms with van der Waals surface area (Å²) in [6, 6.07) is 6.68. The van der Waals surface area contributed by atoms with Crippen molar-refractivity contribution in [1.29, 1.82) is 0 Å². The molecule has 0 atom stereocenters. The smallest absolute Gasteiger partial charge is 0.222 e. The Kier molecular flexibility index (Phi) is 4.09. The van der Waals surface area contributed by atoms with Gasteiger partial charge in [-0.25, -0.2) is 0 Å². The van der Waals surface area contributed by atoms with E-state index in [-0.39, 0.29) is 28.5 Å². The Bertz CT molecular complexity index is 820. The second-order valence-corrected chi connectivity index (χ2v) is 4.44. The van der Waals surface area contributed by atoms with E-state index in [2.05, 4.69) is 0 Å². The van der Waals surface area contributed by atoms with Crippen molar-refractivity contribution in [3.8, 4) is 23.0 Å². The lowest BCUT2D eigenvalue weighted by Crippen LogP contribution is -3.00. The van der Waals surface area contributed by atoms with Gasteiger partial charge in [0.1, 0.15) is 5.75 Å². The minimum Gasteiger partial charge on any atom is -1.00 e. The quantitative estimate of drug-likeness (QED) is 0.459. The fourth-order valence-electron chi connectivity index (χ4n) is 2.33. The average molecular weight is 352 g/mol. The van der Waals surface area contributed by atoms with Crippen LogP contribution in [0.25, 0.3) is 16.3 Å². The Morgan fingerprint density at radius 2 is 1.57 bits per heavy atom. The minimum atomic E-state index is 0. The second-order valence-electron chi connectivity index (χ2n) is 4.44. The van der Waals surface area contributed by atoms with E-state index >= 15 is 0 Å². The molecule has 0 unspecified atom stereocenters. The van der Waals surface area contributed by atoms with Crippen molar-refractivity contribution in [2.75, 3.05) is 14.2 Å². The van der Waals surface area contributed by atoms with Crippen LogP contribution in [0.15, 0.2) is 36.7 Å². The average Bonchev–Trinajstić information content (AvgIpc) is 2.47. The van der Waals surface area contributed by atoms with Crippen LogP contribution in [0.1, 0.15) is 0 Å². The molecule has 0 saturated carbocycles. The van der Waals surface area contributed by atoms with Crippen molar-refractivity contribution in [3.63, 3.8) is 0 Å². The van der Waals surface area contributed by atoms with Crippen LogP contribution in [0.2, 0.25) is 0 Å². The SMILES string of the molecule is COc1cc2c(O)c[n+]3ccc(O)cc3c2cc1OC.[Br-]. The van der Waals surface area contributed by atoms with Gasteiger partial charge in [-0.1, -0.05) is 0 Å². The molecule has 0 aliphatic carbocycles. The molecule has 2 N–H and O–H groups in total. The van der Waals surface area contributed by atoms with Crippen LogP contribution in [0.5, 0.6) is 23.0 Å². The van der Waals surface area contributed by atoms with Gasteiger partial charge in [0.05, 0.1) is 25.7 Å². The van der Waals surface area contributed by atoms with Gasteiger partial charge >= 0.3 is 0 Å². The molecule has 6 heteroatoms. The predicted octanol–water partition coefficient (Wildman–Crippen LogP) is -0.989. The first-order valence-corrected chi connectivity index (χ1v) is 6.05. The molecule has 0 aliphatic rings. The van der Waals surface area contributed by atoms with Gasteiger partial charge in [0.15, 0.2) is 23.4 Å². The van der Waals surface area contributed by atoms with Gasteiger partial charge in [0.2, 0.25) is 11.7 Å². The molecular formula is C15H14BrNO4. The van der Waals surface area contributed by atoms with Crippen LogP contribution < -0.4 is 30.9 Å². The number of benzene rings is 1. The molecule has 110 valence electrons. The molecule has 3 rings (SSSR count). The van der Waals surface area contributed by atoms with Crippen LogP contribution in [0.4, 0.5) is 0 Å². The zero-order valence-corrected chi connectivity index (χ0v) is 13.1. The van der Waals surface area contributed by atoms with Crippen LogP contribution in [0.3, 0.4) is 0 Å². The summed E-state index contributed by atoms with van der Waals surface area (Å²) < 4.78 is 12.3. The van der Waals surface area contributed by atoms with E-state index in [0.717, 1.165) is 10.9 Å². The van der Waals surface area contributed by atoms with Crippen LogP contribution in [-0.2, 0) is 0 Å². The normalized spacial score (nSPS) is 10.4. The first-order chi connectivity index (χ1) is 9.63. The molecule has 1 aromatic carbocycles. The monoisotopic (exact) mass is 351 g/mol. The van der Waals surface area contributed by atoms with Gasteiger partial charge in [0, 0.05) is 11.5 Å². The Morgan fingerprint density at radius 1 is 0.952 bits per heavy atom. The summed E-state index contributed by atoms with van der Waals surface area (Å²) in [5, 5.41) is 21.2. The third-order valence-electron chi connectivity index (χ3n) is 3.31. The summed E-state index contributed by atoms with van der Waals surface area (Å²) in [4.78, 5) is 0. The Labute approximate surface area is 131 Å². The first-order valence-electron chi connectivity index (χ1n) is 6.05. The Hall–Kier alpha value is -2.21. The number of aromatic hydroxyl groups is 2. The number of ether oxygens (including phenoxy) is 2. The van der Waals surface area contributed by atoms with E-state index in [1.165, 1.54) is 0 Å². The molecule has 0 saturated heterocycles. The topological polar surface area (TPSA) is 63.0 Å². The van der Waals surface area contributed by atoms with Gasteiger partial charge in [-0.15, -0.1) is 0 Å². The molecule has 2 aromatic heterocycles. The molecule has 0 radical (unpaired) electrons. The number of methoxy groups -OCH3 is 2. The lowest BCUT2D eigenvalue weighted by atomic mass is 10.1. The highest BCUT2D eigenvalue weighted by atomic mass is 79.9. The van der Waals surface area contributed by atoms with E-state index in [0.29, 0.717) is 16.9 Å². The number of halogens is 1. The predicted molar refractivity (Wildman–Crippen MR) is 73.5 cm³/mol. The lowest BCUT2D eigenvalue weighted by molar-refractivity contribution is -0.511. The summed E-state index contributed by atoms with van der Waals surface area (Å²) >= 11 is 0. The van der Waals surface area contributed by atoms with Crippen molar-refractivity contribution in [1.82, 2.24) is 0 Å². The Morgan fingerprint density at radius 3 is 2.19 bits per heavy atom. The number of nitrogens with zero attached hydrogens (tertiary/aromatic N) is 1. The maximum absolute atomic E-state index is 10.1. The molecule has 0 amide bonds. The Balaban J connectivity index is 0.00000161. The van der Waals surface area contributed by atoms with E-state index in [1.54, 1.807) is 55.3 Å². The third kappa shape index (κ3) is 2.42. The molecule has 0 bridgehead atoms. The van der Waals surface area contributed by atoms with E-state index in [1.807, 2.05) is 0 Å². The highest BCUT2D eigenvalue weighted by Crippen LogP contribution is 2.36. The molecule has 2 heterocycles. The number of rotatable bonds is 2. The van der Waals surface area contributed by atoms with Crippen LogP contribution >= 0.6 is 0 Å². The summed E-state index contributed by atoms with van der Waals surface area (Å²) in [5.41, 5.74) is 0.763.